The van der Waals surface area contributed by atoms with Crippen LogP contribution in [-0.4, -0.2) is 53.5 Å². The molecule has 0 aliphatic carbocycles. The molecule has 3 heterocycles. The molecule has 0 atom stereocenters. The number of aromatic nitrogens is 2. The van der Waals surface area contributed by atoms with Gasteiger partial charge in [0.1, 0.15) is 17.2 Å². The second-order valence-electron chi connectivity index (χ2n) is 8.01. The van der Waals surface area contributed by atoms with Crippen LogP contribution in [0.5, 0.6) is 5.75 Å². The number of benzene rings is 1. The van der Waals surface area contributed by atoms with Gasteiger partial charge in [-0.3, -0.25) is 14.2 Å². The van der Waals surface area contributed by atoms with Gasteiger partial charge in [0, 0.05) is 30.9 Å². The average Bonchev–Trinajstić information content (AvgIpc) is 2.75. The molecule has 1 aromatic carbocycles. The summed E-state index contributed by atoms with van der Waals surface area (Å²) in [7, 11) is 0. The van der Waals surface area contributed by atoms with Crippen molar-refractivity contribution in [1.82, 2.24) is 14.9 Å². The molecule has 2 aliphatic heterocycles. The Bertz CT molecular complexity index is 1060. The first-order chi connectivity index (χ1) is 14.8. The maximum Gasteiger partial charge on any atom is 0.296 e. The fourth-order valence-electron chi connectivity index (χ4n) is 3.78. The third-order valence-corrected chi connectivity index (χ3v) is 5.53. The molecule has 9 nitrogen and oxygen atoms in total. The van der Waals surface area contributed by atoms with Crippen molar-refractivity contribution in [1.29, 1.82) is 0 Å². The number of fused-ring (bicyclic) bond motifs is 1. The van der Waals surface area contributed by atoms with E-state index in [1.54, 1.807) is 26.0 Å². The van der Waals surface area contributed by atoms with Crippen LogP contribution in [0.25, 0.3) is 0 Å². The zero-order chi connectivity index (χ0) is 22.2. The normalized spacial score (nSPS) is 17.8. The van der Waals surface area contributed by atoms with Crippen molar-refractivity contribution in [3.05, 3.63) is 51.5 Å². The largest absolute Gasteiger partial charge is 0.501 e. The number of morpholine rings is 1. The van der Waals surface area contributed by atoms with Crippen LogP contribution in [0.2, 0.25) is 0 Å². The van der Waals surface area contributed by atoms with Crippen molar-refractivity contribution < 1.29 is 23.8 Å². The van der Waals surface area contributed by atoms with E-state index < -0.39 is 34.3 Å². The van der Waals surface area contributed by atoms with Crippen LogP contribution >= 0.6 is 0 Å². The highest BCUT2D eigenvalue weighted by Gasteiger charge is 2.34. The van der Waals surface area contributed by atoms with E-state index in [9.17, 15) is 19.1 Å². The summed E-state index contributed by atoms with van der Waals surface area (Å²) < 4.78 is 26.8. The van der Waals surface area contributed by atoms with Gasteiger partial charge >= 0.3 is 0 Å². The van der Waals surface area contributed by atoms with E-state index in [1.165, 1.54) is 10.6 Å². The second-order valence-corrected chi connectivity index (χ2v) is 8.01. The average molecular weight is 432 g/mol. The lowest BCUT2D eigenvalue weighted by atomic mass is 10.1. The first-order valence-corrected chi connectivity index (χ1v) is 10.2. The number of carbonyl (C=O) groups excluding carboxylic acids is 1. The number of carbonyl (C=O) groups is 1. The molecule has 2 aliphatic rings. The van der Waals surface area contributed by atoms with Gasteiger partial charge < -0.3 is 24.8 Å². The topological polar surface area (TPSA) is 106 Å². The highest BCUT2D eigenvalue weighted by Crippen LogP contribution is 2.27. The lowest BCUT2D eigenvalue weighted by Gasteiger charge is -2.32. The predicted octanol–water partition coefficient (Wildman–Crippen LogP) is 1.12. The predicted molar refractivity (Wildman–Crippen MR) is 110 cm³/mol. The minimum Gasteiger partial charge on any atom is -0.501 e. The number of anilines is 1. The lowest BCUT2D eigenvalue weighted by Crippen LogP contribution is -2.42. The molecule has 0 bridgehead atoms. The van der Waals surface area contributed by atoms with Crippen molar-refractivity contribution >= 4 is 11.6 Å². The van der Waals surface area contributed by atoms with Gasteiger partial charge in [-0.2, -0.15) is 0 Å². The van der Waals surface area contributed by atoms with E-state index in [-0.39, 0.29) is 24.5 Å². The maximum absolute atomic E-state index is 14.6. The Morgan fingerprint density at radius 3 is 2.71 bits per heavy atom. The molecule has 0 radical (unpaired) electrons. The summed E-state index contributed by atoms with van der Waals surface area (Å²) in [5.74, 6) is -1.70. The van der Waals surface area contributed by atoms with E-state index in [0.29, 0.717) is 32.9 Å². The lowest BCUT2D eigenvalue weighted by molar-refractivity contribution is -0.0566. The highest BCUT2D eigenvalue weighted by molar-refractivity contribution is 5.94. The van der Waals surface area contributed by atoms with Crippen LogP contribution in [0.4, 0.5) is 10.1 Å². The van der Waals surface area contributed by atoms with Gasteiger partial charge in [0.2, 0.25) is 5.75 Å². The summed E-state index contributed by atoms with van der Waals surface area (Å²) in [4.78, 5) is 31.4. The second kappa shape index (κ2) is 8.27. The number of ether oxygens (including phenoxy) is 2. The van der Waals surface area contributed by atoms with Crippen LogP contribution in [0.15, 0.2) is 23.0 Å². The maximum atomic E-state index is 14.6. The van der Waals surface area contributed by atoms with Crippen LogP contribution in [-0.2, 0) is 28.2 Å². The molecule has 0 unspecified atom stereocenters. The molecule has 0 saturated carbocycles. The summed E-state index contributed by atoms with van der Waals surface area (Å²) in [6, 6.07) is 4.82. The molecular formula is C21H25FN4O5. The molecule has 1 amide bonds. The fourth-order valence-corrected chi connectivity index (χ4v) is 3.78. The van der Waals surface area contributed by atoms with Gasteiger partial charge in [0.25, 0.3) is 11.5 Å². The summed E-state index contributed by atoms with van der Waals surface area (Å²) in [5.41, 5.74) is -0.960. The number of halogens is 1. The fraction of sp³-hybridized carbons (Fsp3) is 0.476. The van der Waals surface area contributed by atoms with Gasteiger partial charge in [-0.15, -0.1) is 0 Å². The van der Waals surface area contributed by atoms with E-state index in [4.69, 9.17) is 9.47 Å². The number of amides is 1. The van der Waals surface area contributed by atoms with Gasteiger partial charge in [-0.05, 0) is 26.0 Å². The Balaban J connectivity index is 1.52. The van der Waals surface area contributed by atoms with Crippen molar-refractivity contribution in [3.8, 4) is 5.75 Å². The van der Waals surface area contributed by atoms with Crippen molar-refractivity contribution in [2.24, 2.45) is 0 Å². The van der Waals surface area contributed by atoms with E-state index >= 15 is 0 Å². The summed E-state index contributed by atoms with van der Waals surface area (Å²) in [5, 5.41) is 12.8. The molecule has 1 saturated heterocycles. The number of aromatic hydroxyl groups is 1. The molecule has 2 aromatic rings. The number of rotatable bonds is 4. The Hall–Kier alpha value is -2.98. The van der Waals surface area contributed by atoms with E-state index in [2.05, 4.69) is 10.3 Å². The monoisotopic (exact) mass is 432 g/mol. The van der Waals surface area contributed by atoms with Gasteiger partial charge in [-0.25, -0.2) is 9.37 Å². The Kier molecular flexibility index (Phi) is 5.67. The molecule has 1 aromatic heterocycles. The third-order valence-electron chi connectivity index (χ3n) is 5.53. The first-order valence-electron chi connectivity index (χ1n) is 10.2. The van der Waals surface area contributed by atoms with Crippen molar-refractivity contribution in [2.75, 3.05) is 37.8 Å². The minimum atomic E-state index is -0.887. The summed E-state index contributed by atoms with van der Waals surface area (Å²) >= 11 is 0. The van der Waals surface area contributed by atoms with Crippen LogP contribution in [0.1, 0.15) is 35.7 Å². The number of hydrogen-bond donors (Lipinski definition) is 2. The Labute approximate surface area is 178 Å². The van der Waals surface area contributed by atoms with Crippen molar-refractivity contribution in [3.63, 3.8) is 0 Å². The molecular weight excluding hydrogens is 407 g/mol. The van der Waals surface area contributed by atoms with Crippen LogP contribution in [0.3, 0.4) is 0 Å². The molecule has 10 heteroatoms. The van der Waals surface area contributed by atoms with Crippen LogP contribution < -0.4 is 15.8 Å². The SMILES string of the molecule is CC1(C)OCCn2c1nc(C(=O)NCc1ccc(N3CCOCC3)cc1F)c(O)c2=O. The van der Waals surface area contributed by atoms with Crippen molar-refractivity contribution in [2.45, 2.75) is 32.5 Å². The molecule has 31 heavy (non-hydrogen) atoms. The highest BCUT2D eigenvalue weighted by atomic mass is 19.1. The van der Waals surface area contributed by atoms with Gasteiger partial charge in [-0.1, -0.05) is 6.07 Å². The molecule has 166 valence electrons. The number of nitrogens with one attached hydrogen (secondary N) is 1. The van der Waals surface area contributed by atoms with E-state index in [1.807, 2.05) is 4.90 Å². The van der Waals surface area contributed by atoms with E-state index in [0.717, 1.165) is 5.69 Å². The number of hydrogen-bond acceptors (Lipinski definition) is 7. The van der Waals surface area contributed by atoms with Gasteiger partial charge in [0.15, 0.2) is 5.69 Å². The smallest absolute Gasteiger partial charge is 0.296 e. The van der Waals surface area contributed by atoms with Gasteiger partial charge in [0.05, 0.1) is 26.4 Å². The zero-order valence-electron chi connectivity index (χ0n) is 17.5. The van der Waals surface area contributed by atoms with Crippen LogP contribution in [0, 0.1) is 5.82 Å². The molecule has 4 rings (SSSR count). The summed E-state index contributed by atoms with van der Waals surface area (Å²) in [6.45, 7) is 6.45. The number of nitrogens with zero attached hydrogens (tertiary/aromatic N) is 3. The zero-order valence-corrected chi connectivity index (χ0v) is 17.5. The molecule has 0 spiro atoms. The Morgan fingerprint density at radius 1 is 1.26 bits per heavy atom. The summed E-state index contributed by atoms with van der Waals surface area (Å²) in [6.07, 6.45) is 0. The quantitative estimate of drug-likeness (QED) is 0.746. The minimum absolute atomic E-state index is 0.118. The standard InChI is InChI=1S/C21H25FN4O5/c1-21(2)20-24-16(17(27)19(29)26(20)7-10-31-21)18(28)23-12-13-3-4-14(11-15(13)22)25-5-8-30-9-6-25/h3-4,11,27H,5-10,12H2,1-2H3,(H,23,28). The molecule has 2 N–H and O–H groups in total. The first kappa shape index (κ1) is 21.3. The molecule has 1 fully saturated rings. The Morgan fingerprint density at radius 2 is 2.00 bits per heavy atom. The third kappa shape index (κ3) is 4.13.